The van der Waals surface area contributed by atoms with Crippen molar-refractivity contribution >= 4 is 16.9 Å². The van der Waals surface area contributed by atoms with Crippen molar-refractivity contribution in [1.29, 1.82) is 0 Å². The maximum absolute atomic E-state index is 11.5. The number of methoxy groups -OCH3 is 1. The van der Waals surface area contributed by atoms with Crippen LogP contribution in [0.3, 0.4) is 0 Å². The highest BCUT2D eigenvalue weighted by molar-refractivity contribution is 5.84. The number of aliphatic carboxylic acids is 1. The Hall–Kier alpha value is -2.10. The van der Waals surface area contributed by atoms with Gasteiger partial charge in [0, 0.05) is 17.0 Å². The van der Waals surface area contributed by atoms with Gasteiger partial charge in [0.25, 0.3) is 0 Å². The van der Waals surface area contributed by atoms with Crippen molar-refractivity contribution in [3.05, 3.63) is 35.5 Å². The zero-order chi connectivity index (χ0) is 15.7. The fraction of sp³-hybridized carbons (Fsp3) is 0.444. The minimum atomic E-state index is -0.695. The smallest absolute Gasteiger partial charge is 0.307 e. The predicted octanol–water partition coefficient (Wildman–Crippen LogP) is 3.91. The van der Waals surface area contributed by atoms with Crippen molar-refractivity contribution in [3.63, 3.8) is 0 Å². The summed E-state index contributed by atoms with van der Waals surface area (Å²) in [5.41, 5.74) is 2.95. The van der Waals surface area contributed by atoms with E-state index in [4.69, 9.17) is 9.72 Å². The molecule has 0 radical (unpaired) electrons. The largest absolute Gasteiger partial charge is 0.497 e. The second-order valence-corrected chi connectivity index (χ2v) is 6.08. The zero-order valence-electron chi connectivity index (χ0n) is 13.0. The Labute approximate surface area is 130 Å². The van der Waals surface area contributed by atoms with Crippen molar-refractivity contribution in [2.75, 3.05) is 7.11 Å². The number of hydrogen-bond donors (Lipinski definition) is 1. The lowest BCUT2D eigenvalue weighted by Gasteiger charge is -2.28. The monoisotopic (exact) mass is 299 g/mol. The molecule has 116 valence electrons. The van der Waals surface area contributed by atoms with Crippen LogP contribution in [-0.2, 0) is 4.79 Å². The lowest BCUT2D eigenvalue weighted by molar-refractivity contribution is -0.143. The van der Waals surface area contributed by atoms with Gasteiger partial charge in [0.1, 0.15) is 5.75 Å². The van der Waals surface area contributed by atoms with E-state index in [1.807, 2.05) is 31.2 Å². The number of pyridine rings is 1. The summed E-state index contributed by atoms with van der Waals surface area (Å²) < 4.78 is 5.27. The van der Waals surface area contributed by atoms with Gasteiger partial charge in [-0.05, 0) is 49.6 Å². The third-order valence-electron chi connectivity index (χ3n) is 4.71. The van der Waals surface area contributed by atoms with Gasteiger partial charge in [-0.15, -0.1) is 0 Å². The van der Waals surface area contributed by atoms with Gasteiger partial charge in [0.05, 0.1) is 18.5 Å². The molecule has 3 rings (SSSR count). The lowest BCUT2D eigenvalue weighted by Crippen LogP contribution is -2.26. The zero-order valence-corrected chi connectivity index (χ0v) is 13.0. The number of nitrogens with zero attached hydrogens (tertiary/aromatic N) is 1. The van der Waals surface area contributed by atoms with Gasteiger partial charge in [0.2, 0.25) is 0 Å². The molecule has 0 unspecified atom stereocenters. The number of benzene rings is 1. The standard InChI is InChI=1S/C18H21NO3/c1-11-9-17(13-5-3-4-6-14(13)18(20)21)19-16-8-7-12(22-2)10-15(11)16/h7-10,13-14H,3-6H2,1-2H3,(H,20,21)/t13-,14-/m0/s1. The van der Waals surface area contributed by atoms with E-state index in [0.29, 0.717) is 0 Å². The Balaban J connectivity index is 2.05. The average molecular weight is 299 g/mol. The summed E-state index contributed by atoms with van der Waals surface area (Å²) in [6.07, 6.45) is 3.74. The molecule has 1 aromatic carbocycles. The molecule has 0 amide bonds. The van der Waals surface area contributed by atoms with E-state index in [1.165, 1.54) is 0 Å². The molecule has 0 aliphatic heterocycles. The van der Waals surface area contributed by atoms with Gasteiger partial charge in [-0.2, -0.15) is 0 Å². The molecule has 1 aromatic heterocycles. The molecule has 1 aliphatic carbocycles. The highest BCUT2D eigenvalue weighted by atomic mass is 16.5. The fourth-order valence-corrected chi connectivity index (χ4v) is 3.50. The molecular weight excluding hydrogens is 278 g/mol. The topological polar surface area (TPSA) is 59.4 Å². The molecule has 0 spiro atoms. The Morgan fingerprint density at radius 1 is 1.27 bits per heavy atom. The number of hydrogen-bond acceptors (Lipinski definition) is 3. The maximum atomic E-state index is 11.5. The third kappa shape index (κ3) is 2.65. The molecule has 1 fully saturated rings. The second-order valence-electron chi connectivity index (χ2n) is 6.08. The minimum Gasteiger partial charge on any atom is -0.497 e. The summed E-state index contributed by atoms with van der Waals surface area (Å²) in [7, 11) is 1.65. The van der Waals surface area contributed by atoms with Crippen LogP contribution in [0.1, 0.15) is 42.9 Å². The maximum Gasteiger partial charge on any atom is 0.307 e. The van der Waals surface area contributed by atoms with E-state index in [1.54, 1.807) is 7.11 Å². The van der Waals surface area contributed by atoms with Gasteiger partial charge in [0.15, 0.2) is 0 Å². The summed E-state index contributed by atoms with van der Waals surface area (Å²) in [5, 5.41) is 10.5. The van der Waals surface area contributed by atoms with Gasteiger partial charge in [-0.3, -0.25) is 9.78 Å². The molecule has 1 aliphatic rings. The summed E-state index contributed by atoms with van der Waals surface area (Å²) >= 11 is 0. The summed E-state index contributed by atoms with van der Waals surface area (Å²) in [5.74, 6) is -0.169. The third-order valence-corrected chi connectivity index (χ3v) is 4.71. The Kier molecular flexibility index (Phi) is 4.01. The quantitative estimate of drug-likeness (QED) is 0.933. The van der Waals surface area contributed by atoms with E-state index < -0.39 is 5.97 Å². The first-order valence-electron chi connectivity index (χ1n) is 7.78. The SMILES string of the molecule is COc1ccc2nc([C@H]3CCCC[C@@H]3C(=O)O)cc(C)c2c1. The number of rotatable bonds is 3. The van der Waals surface area contributed by atoms with Crippen LogP contribution in [0.4, 0.5) is 0 Å². The predicted molar refractivity (Wildman–Crippen MR) is 85.4 cm³/mol. The number of carbonyl (C=O) groups is 1. The molecule has 1 heterocycles. The van der Waals surface area contributed by atoms with Crippen molar-refractivity contribution in [1.82, 2.24) is 4.98 Å². The van der Waals surface area contributed by atoms with E-state index >= 15 is 0 Å². The van der Waals surface area contributed by atoms with Crippen LogP contribution in [0.2, 0.25) is 0 Å². The van der Waals surface area contributed by atoms with Crippen LogP contribution in [0.25, 0.3) is 10.9 Å². The lowest BCUT2D eigenvalue weighted by atomic mass is 9.77. The van der Waals surface area contributed by atoms with Crippen LogP contribution in [0.5, 0.6) is 5.75 Å². The molecule has 22 heavy (non-hydrogen) atoms. The normalized spacial score (nSPS) is 21.7. The highest BCUT2D eigenvalue weighted by Crippen LogP contribution is 2.38. The van der Waals surface area contributed by atoms with Crippen LogP contribution in [0, 0.1) is 12.8 Å². The Morgan fingerprint density at radius 2 is 2.05 bits per heavy atom. The minimum absolute atomic E-state index is 0.0245. The van der Waals surface area contributed by atoms with Gasteiger partial charge in [-0.25, -0.2) is 0 Å². The van der Waals surface area contributed by atoms with Crippen molar-refractivity contribution in [3.8, 4) is 5.75 Å². The number of carboxylic acids is 1. The van der Waals surface area contributed by atoms with Gasteiger partial charge >= 0.3 is 5.97 Å². The second kappa shape index (κ2) is 5.95. The highest BCUT2D eigenvalue weighted by Gasteiger charge is 2.33. The van der Waals surface area contributed by atoms with Crippen LogP contribution in [0.15, 0.2) is 24.3 Å². The summed E-state index contributed by atoms with van der Waals surface area (Å²) in [6.45, 7) is 2.05. The molecule has 0 saturated heterocycles. The van der Waals surface area contributed by atoms with Crippen LogP contribution in [-0.4, -0.2) is 23.2 Å². The summed E-state index contributed by atoms with van der Waals surface area (Å²) in [4.78, 5) is 16.3. The van der Waals surface area contributed by atoms with E-state index in [0.717, 1.165) is 53.6 Å². The first-order valence-corrected chi connectivity index (χ1v) is 7.78. The number of aromatic nitrogens is 1. The average Bonchev–Trinajstić information content (AvgIpc) is 2.54. The summed E-state index contributed by atoms with van der Waals surface area (Å²) in [6, 6.07) is 7.88. The number of carboxylic acid groups (broad SMARTS) is 1. The van der Waals surface area contributed by atoms with Crippen molar-refractivity contribution < 1.29 is 14.6 Å². The fourth-order valence-electron chi connectivity index (χ4n) is 3.50. The molecular formula is C18H21NO3. The number of aryl methyl sites for hydroxylation is 1. The van der Waals surface area contributed by atoms with Gasteiger partial charge in [-0.1, -0.05) is 12.8 Å². The molecule has 2 aromatic rings. The Bertz CT molecular complexity index is 711. The van der Waals surface area contributed by atoms with E-state index in [9.17, 15) is 9.90 Å². The molecule has 2 atom stereocenters. The molecule has 1 N–H and O–H groups in total. The molecule has 1 saturated carbocycles. The first kappa shape index (κ1) is 14.8. The first-order chi connectivity index (χ1) is 10.6. The van der Waals surface area contributed by atoms with Crippen molar-refractivity contribution in [2.24, 2.45) is 5.92 Å². The molecule has 4 nitrogen and oxygen atoms in total. The number of ether oxygens (including phenoxy) is 1. The van der Waals surface area contributed by atoms with E-state index in [2.05, 4.69) is 0 Å². The van der Waals surface area contributed by atoms with Crippen molar-refractivity contribution in [2.45, 2.75) is 38.5 Å². The molecule has 4 heteroatoms. The Morgan fingerprint density at radius 3 is 2.77 bits per heavy atom. The number of fused-ring (bicyclic) bond motifs is 1. The van der Waals surface area contributed by atoms with Crippen LogP contribution < -0.4 is 4.74 Å². The van der Waals surface area contributed by atoms with E-state index in [-0.39, 0.29) is 11.8 Å². The van der Waals surface area contributed by atoms with Crippen LogP contribution >= 0.6 is 0 Å². The van der Waals surface area contributed by atoms with Gasteiger partial charge < -0.3 is 9.84 Å². The molecule has 0 bridgehead atoms.